The molecular formula is C53H88O6. The summed E-state index contributed by atoms with van der Waals surface area (Å²) in [7, 11) is 0. The smallest absolute Gasteiger partial charge is 0.306 e. The van der Waals surface area contributed by atoms with Gasteiger partial charge in [-0.25, -0.2) is 0 Å². The predicted octanol–water partition coefficient (Wildman–Crippen LogP) is 15.6. The van der Waals surface area contributed by atoms with Crippen LogP contribution >= 0.6 is 0 Å². The molecule has 0 spiro atoms. The molecule has 0 aliphatic carbocycles. The van der Waals surface area contributed by atoms with Crippen LogP contribution in [-0.4, -0.2) is 37.2 Å². The molecular weight excluding hydrogens is 733 g/mol. The minimum Gasteiger partial charge on any atom is -0.462 e. The van der Waals surface area contributed by atoms with Crippen LogP contribution in [0.25, 0.3) is 0 Å². The lowest BCUT2D eigenvalue weighted by atomic mass is 10.0. The fraction of sp³-hybridized carbons (Fsp3) is 0.679. The third kappa shape index (κ3) is 45.5. The largest absolute Gasteiger partial charge is 0.462 e. The van der Waals surface area contributed by atoms with Crippen LogP contribution < -0.4 is 0 Å². The Bertz CT molecular complexity index is 1170. The highest BCUT2D eigenvalue weighted by Gasteiger charge is 2.19. The Morgan fingerprint density at radius 1 is 0.373 bits per heavy atom. The van der Waals surface area contributed by atoms with Gasteiger partial charge in [0, 0.05) is 19.3 Å². The zero-order chi connectivity index (χ0) is 43.0. The van der Waals surface area contributed by atoms with E-state index >= 15 is 0 Å². The van der Waals surface area contributed by atoms with Crippen molar-refractivity contribution in [1.82, 2.24) is 0 Å². The summed E-state index contributed by atoms with van der Waals surface area (Å²) in [6, 6.07) is 0. The minimum absolute atomic E-state index is 0.121. The molecule has 0 fully saturated rings. The average Bonchev–Trinajstić information content (AvgIpc) is 3.23. The standard InChI is InChI=1S/C53H88O6/c1-4-7-10-13-16-19-22-25-26-29-31-34-37-40-43-46-52(55)58-49-50(59-53(56)47-44-41-38-35-32-28-24-21-18-15-12-9-6-3)48-57-51(54)45-42-39-36-33-30-27-23-20-17-14-11-8-5-2/h9,12,15,18,21,24,27-28,30,32,35-36,38-39,50H,4-8,10-11,13-14,16-17,19-20,22-23,25-26,29,31,33-34,37,40-49H2,1-3H3/b12-9+,18-15+,24-21+,30-27+,32-28+,38-35+,39-36+. The summed E-state index contributed by atoms with van der Waals surface area (Å²) < 4.78 is 16.6. The lowest BCUT2D eigenvalue weighted by Crippen LogP contribution is -2.30. The van der Waals surface area contributed by atoms with E-state index in [1.54, 1.807) is 0 Å². The van der Waals surface area contributed by atoms with E-state index in [4.69, 9.17) is 14.2 Å². The molecule has 0 N–H and O–H groups in total. The van der Waals surface area contributed by atoms with Gasteiger partial charge in [-0.3, -0.25) is 14.4 Å². The Morgan fingerprint density at radius 2 is 0.780 bits per heavy atom. The summed E-state index contributed by atoms with van der Waals surface area (Å²) in [5, 5.41) is 0. The van der Waals surface area contributed by atoms with Gasteiger partial charge < -0.3 is 14.2 Å². The number of hydrogen-bond donors (Lipinski definition) is 0. The zero-order valence-electron chi connectivity index (χ0n) is 38.2. The number of rotatable bonds is 42. The molecule has 0 aliphatic rings. The third-order valence-electron chi connectivity index (χ3n) is 10.0. The minimum atomic E-state index is -0.833. The van der Waals surface area contributed by atoms with Gasteiger partial charge in [0.15, 0.2) is 6.10 Å². The molecule has 0 amide bonds. The molecule has 0 heterocycles. The molecule has 0 aromatic rings. The second kappa shape index (κ2) is 47.3. The van der Waals surface area contributed by atoms with Crippen LogP contribution in [0.3, 0.4) is 0 Å². The number of esters is 3. The Labute approximate surface area is 363 Å². The van der Waals surface area contributed by atoms with Crippen molar-refractivity contribution in [3.05, 3.63) is 85.1 Å². The van der Waals surface area contributed by atoms with Crippen LogP contribution in [0.4, 0.5) is 0 Å². The molecule has 1 unspecified atom stereocenters. The van der Waals surface area contributed by atoms with Gasteiger partial charge in [0.1, 0.15) is 13.2 Å². The van der Waals surface area contributed by atoms with Crippen molar-refractivity contribution in [2.24, 2.45) is 0 Å². The van der Waals surface area contributed by atoms with Gasteiger partial charge in [-0.15, -0.1) is 0 Å². The lowest BCUT2D eigenvalue weighted by Gasteiger charge is -2.18. The third-order valence-corrected chi connectivity index (χ3v) is 10.0. The molecule has 59 heavy (non-hydrogen) atoms. The lowest BCUT2D eigenvalue weighted by molar-refractivity contribution is -0.166. The Hall–Kier alpha value is -3.41. The van der Waals surface area contributed by atoms with Crippen LogP contribution in [0, 0.1) is 0 Å². The van der Waals surface area contributed by atoms with Crippen LogP contribution in [0.1, 0.15) is 213 Å². The first-order chi connectivity index (χ1) is 29.0. The van der Waals surface area contributed by atoms with E-state index in [-0.39, 0.29) is 38.0 Å². The first-order valence-electron chi connectivity index (χ1n) is 24.2. The molecule has 0 aliphatic heterocycles. The number of allylic oxidation sites excluding steroid dienone is 14. The highest BCUT2D eigenvalue weighted by atomic mass is 16.6. The van der Waals surface area contributed by atoms with Crippen LogP contribution in [0.2, 0.25) is 0 Å². The first-order valence-corrected chi connectivity index (χ1v) is 24.2. The molecule has 0 radical (unpaired) electrons. The molecule has 0 aromatic carbocycles. The molecule has 0 bridgehead atoms. The van der Waals surface area contributed by atoms with Gasteiger partial charge in [0.05, 0.1) is 0 Å². The Balaban J connectivity index is 4.54. The second-order valence-corrected chi connectivity index (χ2v) is 15.8. The van der Waals surface area contributed by atoms with Crippen molar-refractivity contribution in [2.45, 2.75) is 219 Å². The SMILES string of the molecule is CC/C=C/C=C/C=C/C=C/C=C/CCCC(=O)OC(COC(=O)CC/C=C/C/C=C/CCCCCCCC)COC(=O)CCCCCCCCCCCCCCCCC. The Kier molecular flexibility index (Phi) is 44.5. The summed E-state index contributed by atoms with van der Waals surface area (Å²) >= 11 is 0. The summed E-state index contributed by atoms with van der Waals surface area (Å²) in [6.07, 6.45) is 60.2. The van der Waals surface area contributed by atoms with Gasteiger partial charge >= 0.3 is 17.9 Å². The zero-order valence-corrected chi connectivity index (χ0v) is 38.2. The van der Waals surface area contributed by atoms with E-state index in [2.05, 4.69) is 45.1 Å². The monoisotopic (exact) mass is 821 g/mol. The van der Waals surface area contributed by atoms with Crippen molar-refractivity contribution in [1.29, 1.82) is 0 Å². The van der Waals surface area contributed by atoms with Gasteiger partial charge in [0.2, 0.25) is 0 Å². The quantitative estimate of drug-likeness (QED) is 0.0201. The fourth-order valence-corrected chi connectivity index (χ4v) is 6.41. The van der Waals surface area contributed by atoms with Gasteiger partial charge in [-0.1, -0.05) is 228 Å². The number of unbranched alkanes of at least 4 members (excludes halogenated alkanes) is 21. The molecule has 0 rings (SSSR count). The van der Waals surface area contributed by atoms with Crippen molar-refractivity contribution >= 4 is 17.9 Å². The van der Waals surface area contributed by atoms with Crippen molar-refractivity contribution in [3.63, 3.8) is 0 Å². The second-order valence-electron chi connectivity index (χ2n) is 15.8. The van der Waals surface area contributed by atoms with Crippen LogP contribution in [-0.2, 0) is 28.6 Å². The maximum Gasteiger partial charge on any atom is 0.306 e. The average molecular weight is 821 g/mol. The van der Waals surface area contributed by atoms with Crippen molar-refractivity contribution < 1.29 is 28.6 Å². The molecule has 0 saturated carbocycles. The molecule has 0 saturated heterocycles. The Morgan fingerprint density at radius 3 is 1.31 bits per heavy atom. The molecule has 1 atom stereocenters. The van der Waals surface area contributed by atoms with E-state index in [9.17, 15) is 14.4 Å². The highest BCUT2D eigenvalue weighted by molar-refractivity contribution is 5.71. The van der Waals surface area contributed by atoms with E-state index in [1.165, 1.54) is 116 Å². The van der Waals surface area contributed by atoms with E-state index in [1.807, 2.05) is 60.8 Å². The van der Waals surface area contributed by atoms with Gasteiger partial charge in [0.25, 0.3) is 0 Å². The topological polar surface area (TPSA) is 78.9 Å². The first kappa shape index (κ1) is 55.6. The molecule has 0 aromatic heterocycles. The highest BCUT2D eigenvalue weighted by Crippen LogP contribution is 2.14. The maximum atomic E-state index is 12.7. The van der Waals surface area contributed by atoms with E-state index < -0.39 is 12.1 Å². The molecule has 6 heteroatoms. The van der Waals surface area contributed by atoms with Crippen LogP contribution in [0.5, 0.6) is 0 Å². The van der Waals surface area contributed by atoms with Gasteiger partial charge in [-0.2, -0.15) is 0 Å². The number of hydrogen-bond acceptors (Lipinski definition) is 6. The number of ether oxygens (including phenoxy) is 3. The summed E-state index contributed by atoms with van der Waals surface area (Å²) in [5.41, 5.74) is 0. The molecule has 6 nitrogen and oxygen atoms in total. The van der Waals surface area contributed by atoms with Crippen molar-refractivity contribution in [3.8, 4) is 0 Å². The van der Waals surface area contributed by atoms with E-state index in [0.29, 0.717) is 19.3 Å². The maximum absolute atomic E-state index is 12.7. The fourth-order valence-electron chi connectivity index (χ4n) is 6.41. The summed E-state index contributed by atoms with van der Waals surface area (Å²) in [5.74, 6) is -1.07. The normalized spacial score (nSPS) is 12.8. The summed E-state index contributed by atoms with van der Waals surface area (Å²) in [4.78, 5) is 37.8. The molecule has 336 valence electrons. The number of carbonyl (C=O) groups is 3. The number of carbonyl (C=O) groups excluding carboxylic acids is 3. The summed E-state index contributed by atoms with van der Waals surface area (Å²) in [6.45, 7) is 6.36. The predicted molar refractivity (Wildman–Crippen MR) is 251 cm³/mol. The van der Waals surface area contributed by atoms with Crippen molar-refractivity contribution in [2.75, 3.05) is 13.2 Å². The van der Waals surface area contributed by atoms with Crippen LogP contribution in [0.15, 0.2) is 85.1 Å². The van der Waals surface area contributed by atoms with Gasteiger partial charge in [-0.05, 0) is 51.4 Å². The van der Waals surface area contributed by atoms with E-state index in [0.717, 1.165) is 44.9 Å².